The molecule has 0 spiro atoms. The first-order chi connectivity index (χ1) is 10.2. The van der Waals surface area contributed by atoms with Crippen molar-refractivity contribution in [2.24, 2.45) is 0 Å². The lowest BCUT2D eigenvalue weighted by atomic mass is 10.2. The molecule has 2 nitrogen and oxygen atoms in total. The lowest BCUT2D eigenvalue weighted by molar-refractivity contribution is 1.24. The highest BCUT2D eigenvalue weighted by molar-refractivity contribution is 9.10. The molecule has 0 unspecified atom stereocenters. The molecule has 102 valence electrons. The maximum atomic E-state index is 6.32. The molecule has 0 aliphatic rings. The zero-order chi connectivity index (χ0) is 14.4. The van der Waals surface area contributed by atoms with Crippen molar-refractivity contribution >= 4 is 59.9 Å². The summed E-state index contributed by atoms with van der Waals surface area (Å²) in [5.41, 5.74) is 0.852. The fourth-order valence-electron chi connectivity index (χ4n) is 2.27. The van der Waals surface area contributed by atoms with Crippen LogP contribution in [0.5, 0.6) is 0 Å². The highest BCUT2D eigenvalue weighted by Gasteiger charge is 2.11. The van der Waals surface area contributed by atoms with Gasteiger partial charge in [0.1, 0.15) is 5.15 Å². The monoisotopic (exact) mass is 374 g/mol. The van der Waals surface area contributed by atoms with Crippen LogP contribution in [0.15, 0.2) is 53.0 Å². The second-order valence-corrected chi connectivity index (χ2v) is 7.01. The summed E-state index contributed by atoms with van der Waals surface area (Å²) < 4.78 is 2.19. The summed E-state index contributed by atoms with van der Waals surface area (Å²) in [7, 11) is 0. The number of hydrogen-bond acceptors (Lipinski definition) is 3. The third kappa shape index (κ3) is 2.33. The van der Waals surface area contributed by atoms with E-state index in [9.17, 15) is 0 Å². The van der Waals surface area contributed by atoms with Crippen LogP contribution < -0.4 is 0 Å². The maximum Gasteiger partial charge on any atom is 0.171 e. The van der Waals surface area contributed by atoms with E-state index in [-0.39, 0.29) is 0 Å². The second kappa shape index (κ2) is 5.05. The molecule has 0 aliphatic carbocycles. The lowest BCUT2D eigenvalue weighted by Crippen LogP contribution is -1.90. The highest BCUT2D eigenvalue weighted by atomic mass is 79.9. The number of aromatic nitrogens is 2. The second-order valence-electron chi connectivity index (χ2n) is 4.65. The van der Waals surface area contributed by atoms with Crippen LogP contribution in [0.2, 0.25) is 5.15 Å². The average Bonchev–Trinajstić information content (AvgIpc) is 2.92. The Balaban J connectivity index is 1.95. The molecule has 0 amide bonds. The molecule has 4 rings (SSSR count). The Morgan fingerprint density at radius 3 is 2.71 bits per heavy atom. The van der Waals surface area contributed by atoms with Crippen molar-refractivity contribution < 1.29 is 0 Å². The molecular formula is C16H8BrClN2S. The molecule has 2 aromatic carbocycles. The number of hydrogen-bond donors (Lipinski definition) is 0. The molecule has 2 heterocycles. The van der Waals surface area contributed by atoms with Crippen LogP contribution in [0.1, 0.15) is 0 Å². The van der Waals surface area contributed by atoms with E-state index in [1.165, 1.54) is 10.1 Å². The van der Waals surface area contributed by atoms with Gasteiger partial charge in [-0.25, -0.2) is 9.97 Å². The average molecular weight is 376 g/mol. The van der Waals surface area contributed by atoms with Gasteiger partial charge in [0.05, 0.1) is 10.4 Å². The fraction of sp³-hybridized carbons (Fsp3) is 0. The van der Waals surface area contributed by atoms with E-state index >= 15 is 0 Å². The van der Waals surface area contributed by atoms with Gasteiger partial charge >= 0.3 is 0 Å². The van der Waals surface area contributed by atoms with Crippen LogP contribution in [0.4, 0.5) is 0 Å². The SMILES string of the molecule is Clc1nc(-c2cc3ccccc3s2)nc2ccc(Br)cc12. The Kier molecular flexibility index (Phi) is 3.17. The van der Waals surface area contributed by atoms with Crippen LogP contribution in [0.3, 0.4) is 0 Å². The number of halogens is 2. The predicted molar refractivity (Wildman–Crippen MR) is 93.1 cm³/mol. The largest absolute Gasteiger partial charge is 0.227 e. The van der Waals surface area contributed by atoms with Crippen molar-refractivity contribution in [3.63, 3.8) is 0 Å². The molecule has 0 radical (unpaired) electrons. The number of rotatable bonds is 1. The summed E-state index contributed by atoms with van der Waals surface area (Å²) in [5, 5.41) is 2.54. The van der Waals surface area contributed by atoms with E-state index in [0.717, 1.165) is 20.3 Å². The minimum atomic E-state index is 0.480. The molecule has 5 heteroatoms. The Morgan fingerprint density at radius 2 is 1.86 bits per heavy atom. The van der Waals surface area contributed by atoms with Crippen molar-refractivity contribution in [2.75, 3.05) is 0 Å². The molecule has 0 aliphatic heterocycles. The third-order valence-corrected chi connectivity index (χ3v) is 5.15. The van der Waals surface area contributed by atoms with Crippen molar-refractivity contribution in [1.82, 2.24) is 9.97 Å². The van der Waals surface area contributed by atoms with Crippen LogP contribution >= 0.6 is 38.9 Å². The van der Waals surface area contributed by atoms with E-state index in [1.54, 1.807) is 11.3 Å². The Hall–Kier alpha value is -1.49. The third-order valence-electron chi connectivity index (χ3n) is 3.26. The van der Waals surface area contributed by atoms with Gasteiger partial charge in [-0.15, -0.1) is 11.3 Å². The summed E-state index contributed by atoms with van der Waals surface area (Å²) >= 11 is 11.4. The number of benzene rings is 2. The summed E-state index contributed by atoms with van der Waals surface area (Å²) in [6.45, 7) is 0. The van der Waals surface area contributed by atoms with Gasteiger partial charge in [-0.1, -0.05) is 45.7 Å². The van der Waals surface area contributed by atoms with Gasteiger partial charge in [-0.3, -0.25) is 0 Å². The Labute approximate surface area is 138 Å². The zero-order valence-corrected chi connectivity index (χ0v) is 13.8. The summed E-state index contributed by atoms with van der Waals surface area (Å²) in [6.07, 6.45) is 0. The van der Waals surface area contributed by atoms with E-state index in [4.69, 9.17) is 11.6 Å². The highest BCUT2D eigenvalue weighted by Crippen LogP contribution is 2.34. The van der Waals surface area contributed by atoms with Gasteiger partial charge in [0.25, 0.3) is 0 Å². The number of fused-ring (bicyclic) bond motifs is 2. The molecule has 0 atom stereocenters. The first-order valence-corrected chi connectivity index (χ1v) is 8.31. The van der Waals surface area contributed by atoms with E-state index < -0.39 is 0 Å². The molecule has 2 aromatic heterocycles. The number of nitrogens with zero attached hydrogens (tertiary/aromatic N) is 2. The van der Waals surface area contributed by atoms with Crippen LogP contribution in [0.25, 0.3) is 31.7 Å². The van der Waals surface area contributed by atoms with Crippen molar-refractivity contribution in [2.45, 2.75) is 0 Å². The minimum absolute atomic E-state index is 0.480. The first-order valence-electron chi connectivity index (χ1n) is 6.32. The zero-order valence-electron chi connectivity index (χ0n) is 10.7. The van der Waals surface area contributed by atoms with Gasteiger partial charge in [-0.05, 0) is 35.7 Å². The van der Waals surface area contributed by atoms with Gasteiger partial charge < -0.3 is 0 Å². The standard InChI is InChI=1S/C16H8BrClN2S/c17-10-5-6-12-11(8-10)15(18)20-16(19-12)14-7-9-3-1-2-4-13(9)21-14/h1-8H. The minimum Gasteiger partial charge on any atom is -0.227 e. The normalized spacial score (nSPS) is 11.3. The van der Waals surface area contributed by atoms with E-state index in [0.29, 0.717) is 11.0 Å². The van der Waals surface area contributed by atoms with Crippen LogP contribution in [-0.4, -0.2) is 9.97 Å². The van der Waals surface area contributed by atoms with Gasteiger partial charge in [0.2, 0.25) is 0 Å². The molecular weight excluding hydrogens is 368 g/mol. The Bertz CT molecular complexity index is 948. The van der Waals surface area contributed by atoms with Crippen LogP contribution in [0, 0.1) is 0 Å². The fourth-order valence-corrected chi connectivity index (χ4v) is 3.85. The summed E-state index contributed by atoms with van der Waals surface area (Å²) in [6, 6.07) is 16.2. The van der Waals surface area contributed by atoms with Gasteiger partial charge in [-0.2, -0.15) is 0 Å². The molecule has 0 saturated heterocycles. The molecule has 21 heavy (non-hydrogen) atoms. The molecule has 0 saturated carbocycles. The lowest BCUT2D eigenvalue weighted by Gasteiger charge is -2.03. The maximum absolute atomic E-state index is 6.32. The van der Waals surface area contributed by atoms with E-state index in [1.807, 2.05) is 30.3 Å². The quantitative estimate of drug-likeness (QED) is 0.385. The molecule has 0 fully saturated rings. The Morgan fingerprint density at radius 1 is 1.00 bits per heavy atom. The first kappa shape index (κ1) is 13.2. The molecule has 0 N–H and O–H groups in total. The van der Waals surface area contributed by atoms with Crippen molar-refractivity contribution in [1.29, 1.82) is 0 Å². The van der Waals surface area contributed by atoms with Gasteiger partial charge in [0.15, 0.2) is 5.82 Å². The number of thiophene rings is 1. The van der Waals surface area contributed by atoms with E-state index in [2.05, 4.69) is 44.1 Å². The summed E-state index contributed by atoms with van der Waals surface area (Å²) in [4.78, 5) is 10.1. The predicted octanol–water partition coefficient (Wildman–Crippen LogP) is 5.93. The molecule has 0 bridgehead atoms. The van der Waals surface area contributed by atoms with Crippen molar-refractivity contribution in [3.05, 3.63) is 58.2 Å². The van der Waals surface area contributed by atoms with Gasteiger partial charge in [0, 0.05) is 14.6 Å². The molecule has 4 aromatic rings. The van der Waals surface area contributed by atoms with Crippen LogP contribution in [-0.2, 0) is 0 Å². The smallest absolute Gasteiger partial charge is 0.171 e. The van der Waals surface area contributed by atoms with Crippen molar-refractivity contribution in [3.8, 4) is 10.7 Å². The topological polar surface area (TPSA) is 25.8 Å². The summed E-state index contributed by atoms with van der Waals surface area (Å²) in [5.74, 6) is 0.677.